The molecular formula is C36H42F5N3O4. The minimum absolute atomic E-state index is 0.0166. The lowest BCUT2D eigenvalue weighted by Gasteiger charge is -2.27. The number of likely N-dealkylation sites (N-methyl/N-ethyl adjacent to an activating group) is 1. The molecule has 2 N–H and O–H groups in total. The van der Waals surface area contributed by atoms with E-state index in [1.54, 1.807) is 33.8 Å². The van der Waals surface area contributed by atoms with Crippen LogP contribution in [0.25, 0.3) is 11.1 Å². The van der Waals surface area contributed by atoms with E-state index in [9.17, 15) is 37.1 Å². The highest BCUT2D eigenvalue weighted by molar-refractivity contribution is 5.82. The zero-order valence-electron chi connectivity index (χ0n) is 28.0. The van der Waals surface area contributed by atoms with Gasteiger partial charge in [0.05, 0.1) is 18.0 Å². The van der Waals surface area contributed by atoms with Crippen LogP contribution in [0, 0.1) is 38.3 Å². The molecule has 3 atom stereocenters. The van der Waals surface area contributed by atoms with Gasteiger partial charge in [0.1, 0.15) is 17.7 Å². The molecule has 1 aromatic heterocycles. The Morgan fingerprint density at radius 2 is 1.67 bits per heavy atom. The van der Waals surface area contributed by atoms with Crippen molar-refractivity contribution in [2.75, 3.05) is 13.6 Å². The lowest BCUT2D eigenvalue weighted by Crippen LogP contribution is -2.41. The van der Waals surface area contributed by atoms with E-state index in [0.717, 1.165) is 23.7 Å². The number of amides is 1. The molecule has 2 heterocycles. The monoisotopic (exact) mass is 675 g/mol. The highest BCUT2D eigenvalue weighted by atomic mass is 19.4. The maximum atomic E-state index is 15.8. The Morgan fingerprint density at radius 1 is 1.02 bits per heavy atom. The van der Waals surface area contributed by atoms with E-state index >= 15 is 4.39 Å². The third-order valence-corrected chi connectivity index (χ3v) is 9.07. The van der Waals surface area contributed by atoms with Gasteiger partial charge in [0, 0.05) is 23.9 Å². The van der Waals surface area contributed by atoms with Crippen molar-refractivity contribution in [3.8, 4) is 11.1 Å². The highest BCUT2D eigenvalue weighted by Gasteiger charge is 2.37. The van der Waals surface area contributed by atoms with Gasteiger partial charge in [-0.05, 0) is 124 Å². The fourth-order valence-electron chi connectivity index (χ4n) is 6.79. The number of carboxylic acids is 1. The third-order valence-electron chi connectivity index (χ3n) is 9.07. The Morgan fingerprint density at radius 3 is 2.21 bits per heavy atom. The summed E-state index contributed by atoms with van der Waals surface area (Å²) < 4.78 is 73.2. The summed E-state index contributed by atoms with van der Waals surface area (Å²) in [6.07, 6.45) is -2.86. The van der Waals surface area contributed by atoms with Crippen molar-refractivity contribution in [2.24, 2.45) is 5.92 Å². The second-order valence-corrected chi connectivity index (χ2v) is 13.4. The van der Waals surface area contributed by atoms with Gasteiger partial charge in [-0.15, -0.1) is 0 Å². The molecule has 1 aliphatic rings. The Kier molecular flexibility index (Phi) is 11.2. The number of pyridine rings is 1. The number of halogens is 5. The summed E-state index contributed by atoms with van der Waals surface area (Å²) in [4.78, 5) is 41.3. The molecular weight excluding hydrogens is 633 g/mol. The fourth-order valence-corrected chi connectivity index (χ4v) is 6.79. The molecule has 0 bridgehead atoms. The van der Waals surface area contributed by atoms with E-state index < -0.39 is 59.3 Å². The molecule has 12 heteroatoms. The van der Waals surface area contributed by atoms with Gasteiger partial charge in [-0.25, -0.2) is 8.78 Å². The van der Waals surface area contributed by atoms with Crippen molar-refractivity contribution < 1.29 is 36.6 Å². The Balaban J connectivity index is 1.80. The predicted octanol–water partition coefficient (Wildman–Crippen LogP) is 7.29. The Hall–Kier alpha value is -4.06. The highest BCUT2D eigenvalue weighted by Crippen LogP contribution is 2.36. The lowest BCUT2D eigenvalue weighted by molar-refractivity contribution is -0.139. The van der Waals surface area contributed by atoms with E-state index in [4.69, 9.17) is 0 Å². The summed E-state index contributed by atoms with van der Waals surface area (Å²) >= 11 is 0. The van der Waals surface area contributed by atoms with E-state index in [0.29, 0.717) is 34.7 Å². The van der Waals surface area contributed by atoms with Crippen LogP contribution in [0.2, 0.25) is 0 Å². The molecule has 0 aliphatic carbocycles. The number of aryl methyl sites for hydroxylation is 3. The number of rotatable bonds is 11. The Labute approximate surface area is 276 Å². The normalized spacial score (nSPS) is 16.7. The van der Waals surface area contributed by atoms with Crippen LogP contribution in [0.3, 0.4) is 0 Å². The number of aliphatic carboxylic acids is 1. The number of nitrogens with zero attached hydrogens (tertiary/aromatic N) is 2. The molecule has 1 saturated heterocycles. The lowest BCUT2D eigenvalue weighted by atomic mass is 9.90. The zero-order valence-corrected chi connectivity index (χ0v) is 28.0. The SMILES string of the molecule is Cc1cc(-c2c(C)cc(F)cc2C)cc([C@H](CC(=O)O)NC(=O)[C@H](CC(C)C)n2cc(CC3CCCN3C)c(C(F)(F)F)cc2=O)c1F. The van der Waals surface area contributed by atoms with Gasteiger partial charge in [-0.1, -0.05) is 13.8 Å². The molecule has 260 valence electrons. The summed E-state index contributed by atoms with van der Waals surface area (Å²) in [7, 11) is 1.83. The average molecular weight is 676 g/mol. The fraction of sp³-hybridized carbons (Fsp3) is 0.472. The van der Waals surface area contributed by atoms with Crippen molar-refractivity contribution in [2.45, 2.75) is 91.0 Å². The minimum atomic E-state index is -4.80. The number of carbonyl (C=O) groups is 2. The first-order valence-electron chi connectivity index (χ1n) is 16.0. The van der Waals surface area contributed by atoms with Crippen LogP contribution in [-0.4, -0.2) is 46.1 Å². The van der Waals surface area contributed by atoms with E-state index in [1.807, 2.05) is 11.9 Å². The number of aromatic nitrogens is 1. The number of hydrogen-bond acceptors (Lipinski definition) is 4. The number of hydrogen-bond donors (Lipinski definition) is 2. The first kappa shape index (κ1) is 36.8. The van der Waals surface area contributed by atoms with Crippen LogP contribution >= 0.6 is 0 Å². The molecule has 48 heavy (non-hydrogen) atoms. The summed E-state index contributed by atoms with van der Waals surface area (Å²) in [6.45, 7) is 9.15. The smallest absolute Gasteiger partial charge is 0.416 e. The van der Waals surface area contributed by atoms with Gasteiger partial charge in [-0.3, -0.25) is 14.4 Å². The van der Waals surface area contributed by atoms with Crippen molar-refractivity contribution >= 4 is 11.9 Å². The topological polar surface area (TPSA) is 91.6 Å². The molecule has 1 fully saturated rings. The van der Waals surface area contributed by atoms with Gasteiger partial charge in [0.15, 0.2) is 0 Å². The molecule has 0 saturated carbocycles. The van der Waals surface area contributed by atoms with E-state index in [1.165, 1.54) is 25.1 Å². The molecule has 4 rings (SSSR count). The second-order valence-electron chi connectivity index (χ2n) is 13.4. The van der Waals surface area contributed by atoms with Gasteiger partial charge in [-0.2, -0.15) is 13.2 Å². The molecule has 7 nitrogen and oxygen atoms in total. The third kappa shape index (κ3) is 8.32. The van der Waals surface area contributed by atoms with Crippen LogP contribution in [0.15, 0.2) is 41.3 Å². The van der Waals surface area contributed by atoms with Crippen LogP contribution in [0.5, 0.6) is 0 Å². The molecule has 2 aromatic carbocycles. The largest absolute Gasteiger partial charge is 0.481 e. The molecule has 1 amide bonds. The number of likely N-dealkylation sites (tertiary alicyclic amines) is 1. The molecule has 0 spiro atoms. The van der Waals surface area contributed by atoms with E-state index in [-0.39, 0.29) is 41.5 Å². The first-order chi connectivity index (χ1) is 22.4. The van der Waals surface area contributed by atoms with Gasteiger partial charge in [0.2, 0.25) is 5.91 Å². The molecule has 1 aliphatic heterocycles. The summed E-state index contributed by atoms with van der Waals surface area (Å²) in [5.41, 5.74) is 0.0710. The summed E-state index contributed by atoms with van der Waals surface area (Å²) in [5, 5.41) is 12.4. The second kappa shape index (κ2) is 14.6. The van der Waals surface area contributed by atoms with Crippen molar-refractivity contribution in [1.29, 1.82) is 0 Å². The van der Waals surface area contributed by atoms with Gasteiger partial charge < -0.3 is 19.9 Å². The molecule has 3 aromatic rings. The number of nitrogens with one attached hydrogen (secondary N) is 1. The maximum Gasteiger partial charge on any atom is 0.416 e. The standard InChI is InChI=1S/C36H42F5N3O4/c1-19(2)10-30(44-18-24(14-26-8-7-9-43(26)6)28(16-31(44)45)36(39,40)41)35(48)42-29(17-32(46)47)27-15-23(11-22(5)34(27)38)33-20(3)12-25(37)13-21(33)4/h11-13,15-16,18-19,26,29-30H,7-10,14,17H2,1-6H3,(H,42,48)(H,46,47)/t26?,29-,30-/m0/s1. The minimum Gasteiger partial charge on any atom is -0.481 e. The van der Waals surface area contributed by atoms with Crippen molar-refractivity contribution in [3.05, 3.63) is 91.9 Å². The van der Waals surface area contributed by atoms with Crippen molar-refractivity contribution in [1.82, 2.24) is 14.8 Å². The van der Waals surface area contributed by atoms with Gasteiger partial charge >= 0.3 is 12.1 Å². The number of benzene rings is 2. The quantitative estimate of drug-likeness (QED) is 0.208. The summed E-state index contributed by atoms with van der Waals surface area (Å²) in [5.74, 6) is -3.58. The zero-order chi connectivity index (χ0) is 35.7. The number of carboxylic acid groups (broad SMARTS) is 1. The van der Waals surface area contributed by atoms with Crippen molar-refractivity contribution in [3.63, 3.8) is 0 Å². The number of alkyl halides is 3. The first-order valence-corrected chi connectivity index (χ1v) is 16.0. The van der Waals surface area contributed by atoms with Crippen LogP contribution < -0.4 is 10.9 Å². The average Bonchev–Trinajstić information content (AvgIpc) is 3.36. The van der Waals surface area contributed by atoms with E-state index in [2.05, 4.69) is 5.32 Å². The van der Waals surface area contributed by atoms with Crippen LogP contribution in [0.1, 0.15) is 85.0 Å². The number of carbonyl (C=O) groups excluding carboxylic acids is 1. The molecule has 0 radical (unpaired) electrons. The van der Waals surface area contributed by atoms with Crippen LogP contribution in [-0.2, 0) is 22.2 Å². The molecule has 1 unspecified atom stereocenters. The summed E-state index contributed by atoms with van der Waals surface area (Å²) in [6, 6.07) is 3.25. The Bertz CT molecular complexity index is 1730. The van der Waals surface area contributed by atoms with Gasteiger partial charge in [0.25, 0.3) is 5.56 Å². The predicted molar refractivity (Wildman–Crippen MR) is 173 cm³/mol. The van der Waals surface area contributed by atoms with Crippen LogP contribution in [0.4, 0.5) is 22.0 Å². The maximum absolute atomic E-state index is 15.8.